The Balaban J connectivity index is 1.48. The smallest absolute Gasteiger partial charge is 0.407 e. The number of nitrogens with zero attached hydrogens (tertiary/aromatic N) is 1. The number of carbonyl (C=O) groups excluding carboxylic acids is 1. The van der Waals surface area contributed by atoms with Gasteiger partial charge in [0.1, 0.15) is 12.6 Å². The summed E-state index contributed by atoms with van der Waals surface area (Å²) in [6.07, 6.45) is 1.54. The van der Waals surface area contributed by atoms with Gasteiger partial charge in [-0.3, -0.25) is 9.69 Å². The van der Waals surface area contributed by atoms with Crippen LogP contribution in [-0.2, 0) is 9.53 Å². The summed E-state index contributed by atoms with van der Waals surface area (Å²) >= 11 is 0. The maximum atomic E-state index is 12.2. The lowest BCUT2D eigenvalue weighted by atomic mass is 9.97. The van der Waals surface area contributed by atoms with E-state index < -0.39 is 18.1 Å². The Hall–Kier alpha value is -2.86. The summed E-state index contributed by atoms with van der Waals surface area (Å²) in [5.41, 5.74) is 6.02. The van der Waals surface area contributed by atoms with Gasteiger partial charge in [-0.2, -0.15) is 0 Å². The number of hydrogen-bond acceptors (Lipinski definition) is 4. The maximum absolute atomic E-state index is 12.2. The van der Waals surface area contributed by atoms with Crippen molar-refractivity contribution in [2.45, 2.75) is 38.1 Å². The maximum Gasteiger partial charge on any atom is 0.407 e. The van der Waals surface area contributed by atoms with E-state index in [2.05, 4.69) is 42.6 Å². The molecule has 0 saturated heterocycles. The Kier molecular flexibility index (Phi) is 7.11. The Morgan fingerprint density at radius 1 is 1.10 bits per heavy atom. The molecule has 1 aliphatic rings. The van der Waals surface area contributed by atoms with Crippen LogP contribution in [0.1, 0.15) is 41.9 Å². The predicted octanol–water partition coefficient (Wildman–Crippen LogP) is 4.02. The summed E-state index contributed by atoms with van der Waals surface area (Å²) < 4.78 is 5.52. The van der Waals surface area contributed by atoms with E-state index in [0.29, 0.717) is 26.0 Å². The second kappa shape index (κ2) is 9.76. The number of unbranched alkanes of at least 4 members (excludes halogenated alkanes) is 1. The van der Waals surface area contributed by atoms with Crippen LogP contribution in [0, 0.1) is 6.92 Å². The van der Waals surface area contributed by atoms with E-state index in [9.17, 15) is 14.7 Å². The number of hydrogen-bond donors (Lipinski definition) is 2. The molecule has 0 aliphatic heterocycles. The predicted molar refractivity (Wildman–Crippen MR) is 117 cm³/mol. The molecular formula is C24H30N2O4. The summed E-state index contributed by atoms with van der Waals surface area (Å²) in [6.45, 7) is 2.84. The van der Waals surface area contributed by atoms with Crippen LogP contribution < -0.4 is 5.32 Å². The first-order chi connectivity index (χ1) is 14.4. The molecule has 2 aromatic rings. The molecule has 3 rings (SSSR count). The third kappa shape index (κ3) is 5.00. The number of benzene rings is 2. The molecule has 0 heterocycles. The summed E-state index contributed by atoms with van der Waals surface area (Å²) in [5, 5.41) is 12.0. The number of fused-ring (bicyclic) bond motifs is 3. The topological polar surface area (TPSA) is 78.9 Å². The van der Waals surface area contributed by atoms with Crippen molar-refractivity contribution in [1.82, 2.24) is 10.2 Å². The first-order valence-corrected chi connectivity index (χ1v) is 10.4. The molecule has 0 fully saturated rings. The molecular weight excluding hydrogens is 380 g/mol. The highest BCUT2D eigenvalue weighted by Gasteiger charge is 2.29. The van der Waals surface area contributed by atoms with Crippen LogP contribution in [0.15, 0.2) is 42.5 Å². The minimum atomic E-state index is -0.820. The molecule has 0 spiro atoms. The van der Waals surface area contributed by atoms with Crippen LogP contribution in [0.25, 0.3) is 11.1 Å². The minimum absolute atomic E-state index is 0.0407. The van der Waals surface area contributed by atoms with Crippen molar-refractivity contribution in [2.24, 2.45) is 0 Å². The lowest BCUT2D eigenvalue weighted by molar-refractivity contribution is -0.142. The second-order valence-electron chi connectivity index (χ2n) is 8.07. The zero-order valence-electron chi connectivity index (χ0n) is 17.9. The van der Waals surface area contributed by atoms with Crippen LogP contribution in [0.3, 0.4) is 0 Å². The number of alkyl carbamates (subject to hydrolysis) is 1. The lowest BCUT2D eigenvalue weighted by Crippen LogP contribution is -2.35. The molecule has 6 heteroatoms. The largest absolute Gasteiger partial charge is 0.480 e. The van der Waals surface area contributed by atoms with Gasteiger partial charge in [0.15, 0.2) is 0 Å². The highest BCUT2D eigenvalue weighted by atomic mass is 16.5. The number of carboxylic acids is 1. The van der Waals surface area contributed by atoms with Crippen molar-refractivity contribution < 1.29 is 19.4 Å². The molecule has 2 N–H and O–H groups in total. The quantitative estimate of drug-likeness (QED) is 0.611. The van der Waals surface area contributed by atoms with Gasteiger partial charge in [0.05, 0.1) is 0 Å². The van der Waals surface area contributed by atoms with Crippen molar-refractivity contribution in [1.29, 1.82) is 0 Å². The molecule has 0 saturated carbocycles. The average Bonchev–Trinajstić information content (AvgIpc) is 3.01. The number of ether oxygens (including phenoxy) is 1. The van der Waals surface area contributed by atoms with Gasteiger partial charge in [-0.15, -0.1) is 0 Å². The molecule has 1 amide bonds. The van der Waals surface area contributed by atoms with Gasteiger partial charge >= 0.3 is 12.1 Å². The number of nitrogens with one attached hydrogen (secondary N) is 1. The number of aliphatic carboxylic acids is 1. The highest BCUT2D eigenvalue weighted by Crippen LogP contribution is 2.45. The fourth-order valence-corrected chi connectivity index (χ4v) is 4.07. The molecule has 2 atom stereocenters. The van der Waals surface area contributed by atoms with Crippen molar-refractivity contribution >= 4 is 12.1 Å². The average molecular weight is 411 g/mol. The van der Waals surface area contributed by atoms with Crippen LogP contribution >= 0.6 is 0 Å². The fraction of sp³-hybridized carbons (Fsp3) is 0.417. The number of likely N-dealkylation sites (N-methyl/N-ethyl adjacent to an activating group) is 1. The number of carboxylic acid groups (broad SMARTS) is 1. The molecule has 2 aromatic carbocycles. The van der Waals surface area contributed by atoms with E-state index >= 15 is 0 Å². The normalized spacial score (nSPS) is 15.4. The van der Waals surface area contributed by atoms with Gasteiger partial charge in [0.25, 0.3) is 0 Å². The monoisotopic (exact) mass is 410 g/mol. The fourth-order valence-electron chi connectivity index (χ4n) is 4.07. The van der Waals surface area contributed by atoms with Gasteiger partial charge in [0.2, 0.25) is 0 Å². The van der Waals surface area contributed by atoms with Crippen LogP contribution in [0.2, 0.25) is 0 Å². The van der Waals surface area contributed by atoms with Crippen LogP contribution in [-0.4, -0.2) is 55.4 Å². The number of carbonyl (C=O) groups is 2. The standard InChI is InChI=1S/C24H30N2O4/c1-16-11-12-19-20(14-16)17-8-4-5-9-18(17)21(19)15-30-24(29)25-13-7-6-10-22(23(27)28)26(2)3/h4-5,8-9,11-12,14,21-22H,6-7,10,13,15H2,1-3H3,(H,25,29)(H,27,28)/t21?,22-/m0/s1. The molecule has 30 heavy (non-hydrogen) atoms. The van der Waals surface area contributed by atoms with Crippen molar-refractivity contribution in [3.05, 3.63) is 59.2 Å². The number of amides is 1. The second-order valence-corrected chi connectivity index (χ2v) is 8.07. The first-order valence-electron chi connectivity index (χ1n) is 10.4. The van der Waals surface area contributed by atoms with E-state index in [1.54, 1.807) is 19.0 Å². The lowest BCUT2D eigenvalue weighted by Gasteiger charge is -2.19. The van der Waals surface area contributed by atoms with E-state index in [0.717, 1.165) is 6.42 Å². The van der Waals surface area contributed by atoms with Gasteiger partial charge in [-0.1, -0.05) is 48.0 Å². The molecule has 1 unspecified atom stereocenters. The molecule has 0 radical (unpaired) electrons. The summed E-state index contributed by atoms with van der Waals surface area (Å²) in [6, 6.07) is 14.2. The van der Waals surface area contributed by atoms with Crippen molar-refractivity contribution in [3.8, 4) is 11.1 Å². The summed E-state index contributed by atoms with van der Waals surface area (Å²) in [7, 11) is 3.52. The molecule has 160 valence electrons. The SMILES string of the molecule is Cc1ccc2c(c1)-c1ccccc1C2COC(=O)NCCCC[C@@H](C(=O)O)N(C)C. The summed E-state index contributed by atoms with van der Waals surface area (Å²) in [5.74, 6) is -0.779. The minimum Gasteiger partial charge on any atom is -0.480 e. The Morgan fingerprint density at radius 2 is 1.83 bits per heavy atom. The zero-order valence-corrected chi connectivity index (χ0v) is 17.9. The van der Waals surface area contributed by atoms with Crippen molar-refractivity contribution in [3.63, 3.8) is 0 Å². The van der Waals surface area contributed by atoms with E-state index in [-0.39, 0.29) is 5.92 Å². The molecule has 0 bridgehead atoms. The first kappa shape index (κ1) is 21.8. The molecule has 6 nitrogen and oxygen atoms in total. The van der Waals surface area contributed by atoms with E-state index in [4.69, 9.17) is 4.74 Å². The Morgan fingerprint density at radius 3 is 2.57 bits per heavy atom. The zero-order chi connectivity index (χ0) is 21.7. The van der Waals surface area contributed by atoms with Gasteiger partial charge in [-0.25, -0.2) is 4.79 Å². The van der Waals surface area contributed by atoms with Crippen LogP contribution in [0.4, 0.5) is 4.79 Å². The molecule has 1 aliphatic carbocycles. The van der Waals surface area contributed by atoms with E-state index in [1.165, 1.54) is 27.8 Å². The Bertz CT molecular complexity index is 910. The van der Waals surface area contributed by atoms with E-state index in [1.807, 2.05) is 12.1 Å². The highest BCUT2D eigenvalue weighted by molar-refractivity contribution is 5.79. The summed E-state index contributed by atoms with van der Waals surface area (Å²) in [4.78, 5) is 25.0. The van der Waals surface area contributed by atoms with Gasteiger partial charge < -0.3 is 15.2 Å². The van der Waals surface area contributed by atoms with Gasteiger partial charge in [-0.05, 0) is 62.5 Å². The number of rotatable bonds is 9. The van der Waals surface area contributed by atoms with Crippen molar-refractivity contribution in [2.75, 3.05) is 27.2 Å². The van der Waals surface area contributed by atoms with Gasteiger partial charge in [0, 0.05) is 12.5 Å². The third-order valence-corrected chi connectivity index (χ3v) is 5.67. The van der Waals surface area contributed by atoms with Crippen LogP contribution in [0.5, 0.6) is 0 Å². The number of aryl methyl sites for hydroxylation is 1. The third-order valence-electron chi connectivity index (χ3n) is 5.67. The Labute approximate surface area is 177 Å². The molecule has 0 aromatic heterocycles.